The molecule has 0 spiro atoms. The second-order valence-electron chi connectivity index (χ2n) is 16.5. The highest BCUT2D eigenvalue weighted by Crippen LogP contribution is 2.54. The van der Waals surface area contributed by atoms with Gasteiger partial charge in [0, 0.05) is 27.0 Å². The number of hydrogen-bond donors (Lipinski definition) is 0. The molecular formula is C51H37NSi. The molecule has 1 aromatic heterocycles. The predicted molar refractivity (Wildman–Crippen MR) is 230 cm³/mol. The van der Waals surface area contributed by atoms with Gasteiger partial charge in [0.1, 0.15) is 8.07 Å². The van der Waals surface area contributed by atoms with Crippen molar-refractivity contribution in [3.8, 4) is 39.1 Å². The van der Waals surface area contributed by atoms with E-state index in [4.69, 9.17) is 0 Å². The Hall–Kier alpha value is -5.96. The highest BCUT2D eigenvalue weighted by atomic mass is 28.3. The highest BCUT2D eigenvalue weighted by molar-refractivity contribution is 7.03. The normalized spacial score (nSPS) is 15.1. The van der Waals surface area contributed by atoms with Crippen molar-refractivity contribution in [2.24, 2.45) is 0 Å². The Morgan fingerprint density at radius 1 is 0.453 bits per heavy atom. The van der Waals surface area contributed by atoms with Gasteiger partial charge in [0.2, 0.25) is 0 Å². The lowest BCUT2D eigenvalue weighted by atomic mass is 9.80. The van der Waals surface area contributed by atoms with Crippen molar-refractivity contribution < 1.29 is 0 Å². The maximum atomic E-state index is 2.55. The monoisotopic (exact) mass is 691 g/mol. The van der Waals surface area contributed by atoms with Gasteiger partial charge >= 0.3 is 0 Å². The third-order valence-electron chi connectivity index (χ3n) is 13.1. The lowest BCUT2D eigenvalue weighted by Gasteiger charge is -2.24. The Morgan fingerprint density at radius 2 is 1.17 bits per heavy atom. The van der Waals surface area contributed by atoms with E-state index in [1.54, 1.807) is 10.4 Å². The number of nitrogens with zero attached hydrogens (tertiary/aromatic N) is 1. The summed E-state index contributed by atoms with van der Waals surface area (Å²) in [6.45, 7) is 9.81. The second kappa shape index (κ2) is 9.92. The summed E-state index contributed by atoms with van der Waals surface area (Å²) in [4.78, 5) is 0. The Kier molecular flexibility index (Phi) is 5.54. The van der Waals surface area contributed by atoms with Gasteiger partial charge in [-0.25, -0.2) is 0 Å². The summed E-state index contributed by atoms with van der Waals surface area (Å²) >= 11 is 0. The molecular weight excluding hydrogens is 655 g/mol. The molecule has 1 aliphatic carbocycles. The zero-order valence-electron chi connectivity index (χ0n) is 30.4. The van der Waals surface area contributed by atoms with Crippen LogP contribution in [0.3, 0.4) is 0 Å². The van der Waals surface area contributed by atoms with E-state index in [9.17, 15) is 0 Å². The first-order valence-corrected chi connectivity index (χ1v) is 21.9. The molecule has 9 aromatic carbocycles. The van der Waals surface area contributed by atoms with Crippen LogP contribution in [0.1, 0.15) is 25.0 Å². The van der Waals surface area contributed by atoms with Crippen molar-refractivity contribution in [3.05, 3.63) is 163 Å². The van der Waals surface area contributed by atoms with Gasteiger partial charge in [0.05, 0.1) is 16.7 Å². The summed E-state index contributed by atoms with van der Waals surface area (Å²) in [5.74, 6) is 0. The summed E-state index contributed by atoms with van der Waals surface area (Å²) in [7, 11) is -1.78. The number of aromatic nitrogens is 1. The van der Waals surface area contributed by atoms with Crippen LogP contribution in [0.25, 0.3) is 93.2 Å². The van der Waals surface area contributed by atoms with Crippen molar-refractivity contribution in [2.45, 2.75) is 32.4 Å². The number of benzene rings is 9. The van der Waals surface area contributed by atoms with E-state index in [0.717, 1.165) is 0 Å². The lowest BCUT2D eigenvalue weighted by molar-refractivity contribution is 0.661. The van der Waals surface area contributed by atoms with Crippen molar-refractivity contribution in [3.63, 3.8) is 0 Å². The van der Waals surface area contributed by atoms with E-state index in [-0.39, 0.29) is 5.41 Å². The molecule has 250 valence electrons. The van der Waals surface area contributed by atoms with E-state index in [2.05, 4.69) is 183 Å². The van der Waals surface area contributed by atoms with Crippen LogP contribution in [0.15, 0.2) is 152 Å². The van der Waals surface area contributed by atoms with Gasteiger partial charge in [-0.05, 0) is 107 Å². The molecule has 0 amide bonds. The zero-order valence-corrected chi connectivity index (χ0v) is 31.4. The van der Waals surface area contributed by atoms with Gasteiger partial charge in [0.25, 0.3) is 0 Å². The molecule has 2 heteroatoms. The van der Waals surface area contributed by atoms with Crippen molar-refractivity contribution >= 4 is 72.6 Å². The summed E-state index contributed by atoms with van der Waals surface area (Å²) < 4.78 is 2.55. The standard InChI is InChI=1S/C51H37NSi/c1-51(2)41-17-8-5-16-37(41)49-38-24-20-30-12-11-13-33-27-45(40(29-42(49)51)50(38)48(30)33)52-43-18-9-6-14-34(43)39-26-31(22-25-44(39)52)32-21-23-36-35-15-7-10-19-46(35)53(3,4)47(36)28-32/h5-29H,1-4H3. The highest BCUT2D eigenvalue weighted by Gasteiger charge is 2.38. The number of fused-ring (bicyclic) bond motifs is 10. The average molecular weight is 692 g/mol. The van der Waals surface area contributed by atoms with E-state index >= 15 is 0 Å². The Labute approximate surface area is 310 Å². The van der Waals surface area contributed by atoms with Crippen LogP contribution >= 0.6 is 0 Å². The molecule has 0 N–H and O–H groups in total. The first-order chi connectivity index (χ1) is 25.8. The molecule has 1 nitrogen and oxygen atoms in total. The fraction of sp³-hybridized carbons (Fsp3) is 0.0980. The van der Waals surface area contributed by atoms with Gasteiger partial charge in [-0.2, -0.15) is 0 Å². The lowest BCUT2D eigenvalue weighted by Crippen LogP contribution is -2.49. The first-order valence-electron chi connectivity index (χ1n) is 18.9. The van der Waals surface area contributed by atoms with Crippen molar-refractivity contribution in [2.75, 3.05) is 0 Å². The quantitative estimate of drug-likeness (QED) is 0.126. The number of rotatable bonds is 2. The molecule has 2 heterocycles. The van der Waals surface area contributed by atoms with Crippen LogP contribution in [0.4, 0.5) is 0 Å². The molecule has 12 rings (SSSR count). The van der Waals surface area contributed by atoms with E-state index in [1.165, 1.54) is 104 Å². The number of hydrogen-bond acceptors (Lipinski definition) is 0. The molecule has 0 saturated carbocycles. The topological polar surface area (TPSA) is 4.93 Å². The molecule has 0 atom stereocenters. The Balaban J connectivity index is 1.14. The molecule has 2 aliphatic rings. The van der Waals surface area contributed by atoms with Crippen LogP contribution in [0.5, 0.6) is 0 Å². The minimum Gasteiger partial charge on any atom is -0.309 e. The fourth-order valence-electron chi connectivity index (χ4n) is 10.5. The second-order valence-corrected chi connectivity index (χ2v) is 20.8. The third-order valence-corrected chi connectivity index (χ3v) is 16.7. The molecule has 0 unspecified atom stereocenters. The molecule has 0 fully saturated rings. The van der Waals surface area contributed by atoms with Gasteiger partial charge in [-0.3, -0.25) is 0 Å². The zero-order chi connectivity index (χ0) is 35.4. The molecule has 1 aliphatic heterocycles. The van der Waals surface area contributed by atoms with Crippen LogP contribution in [0, 0.1) is 0 Å². The van der Waals surface area contributed by atoms with Gasteiger partial charge < -0.3 is 4.57 Å². The van der Waals surface area contributed by atoms with Gasteiger partial charge in [0.15, 0.2) is 0 Å². The summed E-state index contributed by atoms with van der Waals surface area (Å²) in [5, 5.41) is 13.7. The predicted octanol–water partition coefficient (Wildman–Crippen LogP) is 12.5. The minimum absolute atomic E-state index is 0.0992. The van der Waals surface area contributed by atoms with Gasteiger partial charge in [-0.15, -0.1) is 0 Å². The van der Waals surface area contributed by atoms with Gasteiger partial charge in [-0.1, -0.05) is 148 Å². The Bertz CT molecular complexity index is 3230. The minimum atomic E-state index is -1.78. The first kappa shape index (κ1) is 29.6. The maximum Gasteiger partial charge on any atom is 0.113 e. The molecule has 0 saturated heterocycles. The summed E-state index contributed by atoms with van der Waals surface area (Å²) in [5.41, 5.74) is 14.7. The largest absolute Gasteiger partial charge is 0.309 e. The third kappa shape index (κ3) is 3.67. The molecule has 53 heavy (non-hydrogen) atoms. The molecule has 0 radical (unpaired) electrons. The molecule has 0 bridgehead atoms. The Morgan fingerprint density at radius 3 is 2.08 bits per heavy atom. The van der Waals surface area contributed by atoms with Crippen molar-refractivity contribution in [1.29, 1.82) is 0 Å². The maximum absolute atomic E-state index is 2.55. The summed E-state index contributed by atoms with van der Waals surface area (Å²) in [6, 6.07) is 58.0. The molecule has 10 aromatic rings. The van der Waals surface area contributed by atoms with Crippen LogP contribution in [-0.4, -0.2) is 12.6 Å². The smallest absolute Gasteiger partial charge is 0.113 e. The van der Waals surface area contributed by atoms with Crippen molar-refractivity contribution in [1.82, 2.24) is 4.57 Å². The number of para-hydroxylation sites is 1. The van der Waals surface area contributed by atoms with Crippen LogP contribution in [-0.2, 0) is 5.41 Å². The van der Waals surface area contributed by atoms with E-state index in [1.807, 2.05) is 0 Å². The fourth-order valence-corrected chi connectivity index (χ4v) is 13.6. The average Bonchev–Trinajstić information content (AvgIpc) is 3.73. The van der Waals surface area contributed by atoms with E-state index in [0.29, 0.717) is 0 Å². The SMILES string of the molecule is CC1(C)c2ccccc2-c2c1cc1c(-n3c4ccccc4c4cc(-c5ccc6c(c5)[Si](C)(C)c5ccccc5-6)ccc43)cc3cccc4ccc2c1c43. The van der Waals surface area contributed by atoms with E-state index < -0.39 is 8.07 Å². The van der Waals surface area contributed by atoms with Crippen LogP contribution < -0.4 is 10.4 Å². The summed E-state index contributed by atoms with van der Waals surface area (Å²) in [6.07, 6.45) is 0. The van der Waals surface area contributed by atoms with Crippen LogP contribution in [0.2, 0.25) is 13.1 Å².